The maximum absolute atomic E-state index is 12.6. The van der Waals surface area contributed by atoms with Crippen LogP contribution in [0.5, 0.6) is 5.75 Å². The minimum Gasteiger partial charge on any atom is -0.493 e. The molecule has 1 aliphatic heterocycles. The van der Waals surface area contributed by atoms with Crippen LogP contribution in [0.3, 0.4) is 0 Å². The quantitative estimate of drug-likeness (QED) is 0.748. The summed E-state index contributed by atoms with van der Waals surface area (Å²) in [5, 5.41) is 3.71. The van der Waals surface area contributed by atoms with Crippen LogP contribution in [0.15, 0.2) is 54.7 Å². The molecule has 0 bridgehead atoms. The number of aromatic amines is 1. The Hall–Kier alpha value is -2.79. The molecule has 0 fully saturated rings. The molecular weight excluding hydrogens is 338 g/mol. The van der Waals surface area contributed by atoms with E-state index < -0.39 is 0 Å². The molecule has 6 heteroatoms. The van der Waals surface area contributed by atoms with E-state index >= 15 is 0 Å². The van der Waals surface area contributed by atoms with Gasteiger partial charge >= 0.3 is 0 Å². The Morgan fingerprint density at radius 2 is 2.00 bits per heavy atom. The normalized spacial score (nSPS) is 16.0. The van der Waals surface area contributed by atoms with Crippen molar-refractivity contribution in [2.45, 2.75) is 12.5 Å². The number of aromatic nitrogens is 2. The molecule has 3 aromatic rings. The maximum atomic E-state index is 12.6. The van der Waals surface area contributed by atoms with Crippen molar-refractivity contribution in [1.29, 1.82) is 0 Å². The van der Waals surface area contributed by atoms with Crippen LogP contribution in [0, 0.1) is 0 Å². The molecule has 1 atom stereocenters. The van der Waals surface area contributed by atoms with Crippen molar-refractivity contribution in [2.75, 3.05) is 6.61 Å². The highest BCUT2D eigenvalue weighted by molar-refractivity contribution is 6.30. The second kappa shape index (κ2) is 6.61. The molecule has 25 heavy (non-hydrogen) atoms. The van der Waals surface area contributed by atoms with Gasteiger partial charge in [0.1, 0.15) is 17.3 Å². The van der Waals surface area contributed by atoms with Crippen molar-refractivity contribution in [2.24, 2.45) is 0 Å². The number of halogens is 1. The van der Waals surface area contributed by atoms with Crippen molar-refractivity contribution in [3.63, 3.8) is 0 Å². The molecule has 2 heterocycles. The summed E-state index contributed by atoms with van der Waals surface area (Å²) in [5.74, 6) is 1.27. The van der Waals surface area contributed by atoms with Gasteiger partial charge < -0.3 is 15.0 Å². The van der Waals surface area contributed by atoms with Crippen molar-refractivity contribution in [3.05, 3.63) is 71.0 Å². The number of ether oxygens (including phenoxy) is 1. The van der Waals surface area contributed by atoms with Crippen LogP contribution in [-0.4, -0.2) is 22.5 Å². The molecule has 0 saturated carbocycles. The number of nitrogens with zero attached hydrogens (tertiary/aromatic N) is 1. The van der Waals surface area contributed by atoms with Gasteiger partial charge in [0.25, 0.3) is 5.91 Å². The highest BCUT2D eigenvalue weighted by Crippen LogP contribution is 2.31. The Morgan fingerprint density at radius 3 is 2.84 bits per heavy atom. The average Bonchev–Trinajstić information content (AvgIpc) is 3.13. The Labute approximate surface area is 150 Å². The number of nitrogens with one attached hydrogen (secondary N) is 2. The lowest BCUT2D eigenvalue weighted by Crippen LogP contribution is -2.32. The minimum absolute atomic E-state index is 0.0697. The highest BCUT2D eigenvalue weighted by atomic mass is 35.5. The monoisotopic (exact) mass is 353 g/mol. The fourth-order valence-electron chi connectivity index (χ4n) is 2.92. The Kier molecular flexibility index (Phi) is 4.15. The largest absolute Gasteiger partial charge is 0.493 e. The van der Waals surface area contributed by atoms with Gasteiger partial charge in [-0.15, -0.1) is 0 Å². The standard InChI is InChI=1S/C19H16ClN3O2/c20-13-7-5-12(6-8-13)18-21-11-16(22-18)19(24)23-15-9-10-25-17-4-2-1-3-14(15)17/h1-8,11,15H,9-10H2,(H,21,22)(H,23,24)/t15-/m1/s1. The van der Waals surface area contributed by atoms with Crippen LogP contribution < -0.4 is 10.1 Å². The van der Waals surface area contributed by atoms with Crippen LogP contribution in [0.4, 0.5) is 0 Å². The first-order valence-corrected chi connectivity index (χ1v) is 8.42. The first-order chi connectivity index (χ1) is 12.2. The van der Waals surface area contributed by atoms with Gasteiger partial charge in [0.2, 0.25) is 0 Å². The van der Waals surface area contributed by atoms with E-state index in [-0.39, 0.29) is 11.9 Å². The molecule has 0 radical (unpaired) electrons. The van der Waals surface area contributed by atoms with Gasteiger partial charge in [0.05, 0.1) is 18.8 Å². The fourth-order valence-corrected chi connectivity index (χ4v) is 3.05. The van der Waals surface area contributed by atoms with E-state index in [2.05, 4.69) is 15.3 Å². The van der Waals surface area contributed by atoms with Gasteiger partial charge in [-0.1, -0.05) is 29.8 Å². The molecule has 126 valence electrons. The first-order valence-electron chi connectivity index (χ1n) is 8.04. The molecule has 2 aromatic carbocycles. The predicted molar refractivity (Wildman–Crippen MR) is 95.8 cm³/mol. The number of para-hydroxylation sites is 1. The summed E-state index contributed by atoms with van der Waals surface area (Å²) >= 11 is 5.90. The van der Waals surface area contributed by atoms with E-state index in [1.165, 1.54) is 0 Å². The third kappa shape index (κ3) is 3.23. The SMILES string of the molecule is O=C(N[C@@H]1CCOc2ccccc21)c1cnc(-c2ccc(Cl)cc2)[nH]1. The number of hydrogen-bond acceptors (Lipinski definition) is 3. The Balaban J connectivity index is 1.52. The zero-order valence-corrected chi connectivity index (χ0v) is 14.1. The summed E-state index contributed by atoms with van der Waals surface area (Å²) in [6, 6.07) is 15.0. The summed E-state index contributed by atoms with van der Waals surface area (Å²) in [4.78, 5) is 19.9. The highest BCUT2D eigenvalue weighted by Gasteiger charge is 2.23. The summed E-state index contributed by atoms with van der Waals surface area (Å²) in [6.45, 7) is 0.584. The summed E-state index contributed by atoms with van der Waals surface area (Å²) in [5.41, 5.74) is 2.30. The molecule has 2 N–H and O–H groups in total. The molecule has 1 aliphatic rings. The second-order valence-corrected chi connectivity index (χ2v) is 6.29. The number of hydrogen-bond donors (Lipinski definition) is 2. The number of rotatable bonds is 3. The molecule has 0 aliphatic carbocycles. The third-order valence-corrected chi connectivity index (χ3v) is 4.45. The first kappa shape index (κ1) is 15.7. The van der Waals surface area contributed by atoms with Crippen LogP contribution in [0.2, 0.25) is 5.02 Å². The number of H-pyrrole nitrogens is 1. The van der Waals surface area contributed by atoms with Gasteiger partial charge in [0, 0.05) is 22.6 Å². The Morgan fingerprint density at radius 1 is 1.20 bits per heavy atom. The van der Waals surface area contributed by atoms with E-state index in [1.807, 2.05) is 36.4 Å². The van der Waals surface area contributed by atoms with E-state index in [0.29, 0.717) is 23.1 Å². The van der Waals surface area contributed by atoms with Crippen molar-refractivity contribution in [1.82, 2.24) is 15.3 Å². The van der Waals surface area contributed by atoms with E-state index in [9.17, 15) is 4.79 Å². The number of carbonyl (C=O) groups is 1. The maximum Gasteiger partial charge on any atom is 0.269 e. The van der Waals surface area contributed by atoms with Gasteiger partial charge in [-0.25, -0.2) is 4.98 Å². The molecule has 0 unspecified atom stereocenters. The predicted octanol–water partition coefficient (Wildman–Crippen LogP) is 3.98. The summed E-state index contributed by atoms with van der Waals surface area (Å²) in [6.07, 6.45) is 2.28. The lowest BCUT2D eigenvalue weighted by Gasteiger charge is -2.26. The smallest absolute Gasteiger partial charge is 0.269 e. The number of amides is 1. The molecule has 1 aromatic heterocycles. The topological polar surface area (TPSA) is 67.0 Å². The molecule has 0 saturated heterocycles. The number of benzene rings is 2. The van der Waals surface area contributed by atoms with Gasteiger partial charge in [-0.05, 0) is 30.3 Å². The van der Waals surface area contributed by atoms with Crippen LogP contribution in [0.1, 0.15) is 28.5 Å². The van der Waals surface area contributed by atoms with Crippen molar-refractivity contribution < 1.29 is 9.53 Å². The molecular formula is C19H16ClN3O2. The fraction of sp³-hybridized carbons (Fsp3) is 0.158. The van der Waals surface area contributed by atoms with Gasteiger partial charge in [-0.2, -0.15) is 0 Å². The molecule has 0 spiro atoms. The lowest BCUT2D eigenvalue weighted by atomic mass is 10.0. The number of carbonyl (C=O) groups excluding carboxylic acids is 1. The average molecular weight is 354 g/mol. The third-order valence-electron chi connectivity index (χ3n) is 4.20. The number of fused-ring (bicyclic) bond motifs is 1. The van der Waals surface area contributed by atoms with E-state index in [4.69, 9.17) is 16.3 Å². The number of imidazole rings is 1. The summed E-state index contributed by atoms with van der Waals surface area (Å²) in [7, 11) is 0. The van der Waals surface area contributed by atoms with Crippen molar-refractivity contribution >= 4 is 17.5 Å². The second-order valence-electron chi connectivity index (χ2n) is 5.85. The summed E-state index contributed by atoms with van der Waals surface area (Å²) < 4.78 is 5.63. The Bertz CT molecular complexity index is 905. The molecule has 4 rings (SSSR count). The van der Waals surface area contributed by atoms with E-state index in [1.54, 1.807) is 18.3 Å². The minimum atomic E-state index is -0.186. The van der Waals surface area contributed by atoms with Crippen LogP contribution in [0.25, 0.3) is 11.4 Å². The van der Waals surface area contributed by atoms with Gasteiger partial charge in [-0.3, -0.25) is 4.79 Å². The zero-order valence-electron chi connectivity index (χ0n) is 13.3. The van der Waals surface area contributed by atoms with Crippen LogP contribution >= 0.6 is 11.6 Å². The van der Waals surface area contributed by atoms with Crippen molar-refractivity contribution in [3.8, 4) is 17.1 Å². The molecule has 5 nitrogen and oxygen atoms in total. The molecule has 1 amide bonds. The zero-order chi connectivity index (χ0) is 17.2. The van der Waals surface area contributed by atoms with Crippen LogP contribution in [-0.2, 0) is 0 Å². The van der Waals surface area contributed by atoms with E-state index in [0.717, 1.165) is 23.3 Å². The van der Waals surface area contributed by atoms with Gasteiger partial charge in [0.15, 0.2) is 0 Å². The lowest BCUT2D eigenvalue weighted by molar-refractivity contribution is 0.0920.